The SMILES string of the molecule is Cc1cn(Cc2ccccn2)c(NC2CC2)n1. The van der Waals surface area contributed by atoms with Gasteiger partial charge in [0.1, 0.15) is 0 Å². The van der Waals surface area contributed by atoms with E-state index in [-0.39, 0.29) is 0 Å². The van der Waals surface area contributed by atoms with Gasteiger partial charge < -0.3 is 9.88 Å². The predicted molar refractivity (Wildman–Crippen MR) is 66.9 cm³/mol. The number of imidazole rings is 1. The summed E-state index contributed by atoms with van der Waals surface area (Å²) in [4.78, 5) is 8.85. The van der Waals surface area contributed by atoms with E-state index in [0.29, 0.717) is 6.04 Å². The summed E-state index contributed by atoms with van der Waals surface area (Å²) < 4.78 is 2.13. The summed E-state index contributed by atoms with van der Waals surface area (Å²) in [6.45, 7) is 2.80. The Morgan fingerprint density at radius 2 is 2.29 bits per heavy atom. The quantitative estimate of drug-likeness (QED) is 0.872. The maximum Gasteiger partial charge on any atom is 0.203 e. The third-order valence-electron chi connectivity index (χ3n) is 2.87. The van der Waals surface area contributed by atoms with Gasteiger partial charge in [-0.15, -0.1) is 0 Å². The van der Waals surface area contributed by atoms with Gasteiger partial charge in [0, 0.05) is 18.4 Å². The lowest BCUT2D eigenvalue weighted by Crippen LogP contribution is -2.10. The number of hydrogen-bond acceptors (Lipinski definition) is 3. The lowest BCUT2D eigenvalue weighted by atomic mass is 10.3. The first-order valence-electron chi connectivity index (χ1n) is 6.01. The second kappa shape index (κ2) is 4.20. The fourth-order valence-corrected chi connectivity index (χ4v) is 1.86. The van der Waals surface area contributed by atoms with Crippen molar-refractivity contribution in [2.75, 3.05) is 5.32 Å². The van der Waals surface area contributed by atoms with Crippen LogP contribution in [0.4, 0.5) is 5.95 Å². The van der Waals surface area contributed by atoms with Crippen molar-refractivity contribution < 1.29 is 0 Å². The van der Waals surface area contributed by atoms with Crippen molar-refractivity contribution >= 4 is 5.95 Å². The van der Waals surface area contributed by atoms with Crippen molar-refractivity contribution in [2.45, 2.75) is 32.4 Å². The molecule has 1 fully saturated rings. The minimum Gasteiger partial charge on any atom is -0.353 e. The second-order valence-electron chi connectivity index (χ2n) is 4.57. The molecule has 0 unspecified atom stereocenters. The fourth-order valence-electron chi connectivity index (χ4n) is 1.86. The Labute approximate surface area is 101 Å². The van der Waals surface area contributed by atoms with Crippen LogP contribution < -0.4 is 5.32 Å². The Bertz CT molecular complexity index is 499. The third kappa shape index (κ3) is 2.46. The Morgan fingerprint density at radius 1 is 1.41 bits per heavy atom. The van der Waals surface area contributed by atoms with Gasteiger partial charge in [0.15, 0.2) is 0 Å². The zero-order valence-corrected chi connectivity index (χ0v) is 9.93. The standard InChI is InChI=1S/C13H16N4/c1-10-8-17(9-12-4-2-3-7-14-12)13(15-10)16-11-5-6-11/h2-4,7-8,11H,5-6,9H2,1H3,(H,15,16). The second-order valence-corrected chi connectivity index (χ2v) is 4.57. The zero-order valence-electron chi connectivity index (χ0n) is 9.93. The summed E-state index contributed by atoms with van der Waals surface area (Å²) in [5, 5.41) is 3.45. The molecular weight excluding hydrogens is 212 g/mol. The lowest BCUT2D eigenvalue weighted by molar-refractivity contribution is 0.773. The minimum absolute atomic E-state index is 0.624. The Morgan fingerprint density at radius 3 is 3.00 bits per heavy atom. The molecule has 0 aliphatic heterocycles. The van der Waals surface area contributed by atoms with Gasteiger partial charge in [-0.05, 0) is 31.9 Å². The van der Waals surface area contributed by atoms with Crippen LogP contribution in [0.15, 0.2) is 30.6 Å². The molecule has 4 heteroatoms. The molecule has 1 aliphatic rings. The number of aryl methyl sites for hydroxylation is 1. The molecule has 2 aromatic heterocycles. The topological polar surface area (TPSA) is 42.7 Å². The van der Waals surface area contributed by atoms with E-state index in [0.717, 1.165) is 23.9 Å². The van der Waals surface area contributed by atoms with Crippen molar-refractivity contribution in [1.82, 2.24) is 14.5 Å². The van der Waals surface area contributed by atoms with Gasteiger partial charge in [0.05, 0.1) is 17.9 Å². The highest BCUT2D eigenvalue weighted by atomic mass is 15.2. The molecule has 1 aliphatic carbocycles. The van der Waals surface area contributed by atoms with Crippen LogP contribution in [0.25, 0.3) is 0 Å². The molecule has 0 atom stereocenters. The summed E-state index contributed by atoms with van der Waals surface area (Å²) in [6, 6.07) is 6.61. The first-order chi connectivity index (χ1) is 8.31. The highest BCUT2D eigenvalue weighted by molar-refractivity contribution is 5.32. The van der Waals surface area contributed by atoms with E-state index in [4.69, 9.17) is 0 Å². The van der Waals surface area contributed by atoms with Crippen molar-refractivity contribution in [1.29, 1.82) is 0 Å². The average molecular weight is 228 g/mol. The molecule has 0 amide bonds. The van der Waals surface area contributed by atoms with Crippen LogP contribution in [-0.2, 0) is 6.54 Å². The van der Waals surface area contributed by atoms with Gasteiger partial charge in [-0.25, -0.2) is 4.98 Å². The Balaban J connectivity index is 1.81. The summed E-state index contributed by atoms with van der Waals surface area (Å²) in [5.41, 5.74) is 2.10. The van der Waals surface area contributed by atoms with Crippen LogP contribution in [0, 0.1) is 6.92 Å². The number of pyridine rings is 1. The van der Waals surface area contributed by atoms with E-state index >= 15 is 0 Å². The van der Waals surface area contributed by atoms with Gasteiger partial charge in [0.2, 0.25) is 5.95 Å². The number of anilines is 1. The maximum atomic E-state index is 4.51. The first-order valence-corrected chi connectivity index (χ1v) is 6.01. The number of nitrogens with one attached hydrogen (secondary N) is 1. The Kier molecular flexibility index (Phi) is 2.55. The first kappa shape index (κ1) is 10.3. The molecule has 3 rings (SSSR count). The highest BCUT2D eigenvalue weighted by Gasteiger charge is 2.23. The molecule has 0 bridgehead atoms. The number of aromatic nitrogens is 3. The third-order valence-corrected chi connectivity index (χ3v) is 2.87. The number of hydrogen-bond donors (Lipinski definition) is 1. The summed E-state index contributed by atoms with van der Waals surface area (Å²) >= 11 is 0. The molecule has 2 heterocycles. The van der Waals surface area contributed by atoms with Crippen molar-refractivity contribution in [3.63, 3.8) is 0 Å². The van der Waals surface area contributed by atoms with E-state index < -0.39 is 0 Å². The number of rotatable bonds is 4. The molecule has 0 aromatic carbocycles. The number of nitrogens with zero attached hydrogens (tertiary/aromatic N) is 3. The van der Waals surface area contributed by atoms with Crippen molar-refractivity contribution in [3.05, 3.63) is 42.0 Å². The van der Waals surface area contributed by atoms with E-state index in [1.54, 1.807) is 0 Å². The molecule has 88 valence electrons. The molecule has 4 nitrogen and oxygen atoms in total. The van der Waals surface area contributed by atoms with Gasteiger partial charge in [-0.3, -0.25) is 4.98 Å². The van der Waals surface area contributed by atoms with Crippen molar-refractivity contribution in [3.8, 4) is 0 Å². The summed E-state index contributed by atoms with van der Waals surface area (Å²) in [6.07, 6.45) is 6.41. The van der Waals surface area contributed by atoms with Crippen LogP contribution in [0.5, 0.6) is 0 Å². The Hall–Kier alpha value is -1.84. The largest absolute Gasteiger partial charge is 0.353 e. The smallest absolute Gasteiger partial charge is 0.203 e. The average Bonchev–Trinajstić information content (AvgIpc) is 3.06. The molecule has 0 spiro atoms. The summed E-state index contributed by atoms with van der Waals surface area (Å²) in [7, 11) is 0. The normalized spacial score (nSPS) is 14.9. The lowest BCUT2D eigenvalue weighted by Gasteiger charge is -2.08. The van der Waals surface area contributed by atoms with Crippen LogP contribution in [-0.4, -0.2) is 20.6 Å². The van der Waals surface area contributed by atoms with Gasteiger partial charge in [-0.2, -0.15) is 0 Å². The van der Waals surface area contributed by atoms with Gasteiger partial charge >= 0.3 is 0 Å². The highest BCUT2D eigenvalue weighted by Crippen LogP contribution is 2.24. The van der Waals surface area contributed by atoms with Crippen LogP contribution in [0.2, 0.25) is 0 Å². The minimum atomic E-state index is 0.624. The fraction of sp³-hybridized carbons (Fsp3) is 0.385. The molecule has 0 saturated heterocycles. The maximum absolute atomic E-state index is 4.51. The van der Waals surface area contributed by atoms with Crippen LogP contribution in [0.3, 0.4) is 0 Å². The van der Waals surface area contributed by atoms with Crippen LogP contribution in [0.1, 0.15) is 24.2 Å². The molecular formula is C13H16N4. The molecule has 2 aromatic rings. The zero-order chi connectivity index (χ0) is 11.7. The molecule has 1 N–H and O–H groups in total. The summed E-state index contributed by atoms with van der Waals surface area (Å²) in [5.74, 6) is 0.968. The van der Waals surface area contributed by atoms with E-state index in [1.165, 1.54) is 12.8 Å². The molecule has 1 saturated carbocycles. The van der Waals surface area contributed by atoms with E-state index in [2.05, 4.69) is 26.0 Å². The molecule has 0 radical (unpaired) electrons. The monoisotopic (exact) mass is 228 g/mol. The van der Waals surface area contributed by atoms with Gasteiger partial charge in [0.25, 0.3) is 0 Å². The van der Waals surface area contributed by atoms with E-state index in [9.17, 15) is 0 Å². The predicted octanol–water partition coefficient (Wildman–Crippen LogP) is 2.21. The van der Waals surface area contributed by atoms with Gasteiger partial charge in [-0.1, -0.05) is 6.07 Å². The van der Waals surface area contributed by atoms with Crippen molar-refractivity contribution in [2.24, 2.45) is 0 Å². The van der Waals surface area contributed by atoms with Crippen LogP contribution >= 0.6 is 0 Å². The molecule has 17 heavy (non-hydrogen) atoms. The van der Waals surface area contributed by atoms with E-state index in [1.807, 2.05) is 31.3 Å².